The van der Waals surface area contributed by atoms with Gasteiger partial charge in [0.15, 0.2) is 0 Å². The van der Waals surface area contributed by atoms with E-state index in [4.69, 9.17) is 11.6 Å². The van der Waals surface area contributed by atoms with E-state index in [2.05, 4.69) is 4.98 Å². The maximum atomic E-state index is 11.9. The lowest BCUT2D eigenvalue weighted by molar-refractivity contribution is 0.521. The Balaban J connectivity index is 2.33. The Labute approximate surface area is 121 Å². The lowest BCUT2D eigenvalue weighted by Crippen LogP contribution is -2.22. The van der Waals surface area contributed by atoms with Crippen LogP contribution in [0, 0.1) is 0 Å². The molecule has 1 aromatic carbocycles. The first-order chi connectivity index (χ1) is 8.95. The summed E-state index contributed by atoms with van der Waals surface area (Å²) in [4.78, 5) is 4.62. The van der Waals surface area contributed by atoms with Crippen LogP contribution in [0.25, 0.3) is 11.3 Å². The van der Waals surface area contributed by atoms with Gasteiger partial charge in [0.1, 0.15) is 5.01 Å². The summed E-state index contributed by atoms with van der Waals surface area (Å²) in [6.07, 6.45) is 0. The minimum Gasteiger partial charge on any atom is -0.240 e. The van der Waals surface area contributed by atoms with Gasteiger partial charge in [-0.05, 0) is 12.1 Å². The number of sulfonamides is 1. The molecule has 0 aliphatic carbocycles. The summed E-state index contributed by atoms with van der Waals surface area (Å²) in [5, 5.41) is 2.76. The van der Waals surface area contributed by atoms with Gasteiger partial charge >= 0.3 is 0 Å². The van der Waals surface area contributed by atoms with E-state index in [9.17, 15) is 8.42 Å². The molecule has 7 heteroatoms. The molecule has 1 aromatic heterocycles. The fraction of sp³-hybridized carbons (Fsp3) is 0.250. The van der Waals surface area contributed by atoms with E-state index in [1.807, 2.05) is 5.38 Å². The van der Waals surface area contributed by atoms with Crippen molar-refractivity contribution in [2.24, 2.45) is 0 Å². The third kappa shape index (κ3) is 2.97. The normalized spacial score (nSPS) is 12.0. The topological polar surface area (TPSA) is 50.3 Å². The first-order valence-electron chi connectivity index (χ1n) is 5.48. The van der Waals surface area contributed by atoms with Gasteiger partial charge in [0.2, 0.25) is 10.0 Å². The smallest absolute Gasteiger partial charge is 0.240 e. The van der Waals surface area contributed by atoms with Crippen molar-refractivity contribution < 1.29 is 8.42 Å². The Hall–Kier alpha value is -0.950. The highest BCUT2D eigenvalue weighted by Crippen LogP contribution is 2.24. The van der Waals surface area contributed by atoms with Gasteiger partial charge in [0.05, 0.1) is 16.5 Å². The van der Waals surface area contributed by atoms with Crippen LogP contribution in [-0.2, 0) is 15.9 Å². The molecule has 0 aliphatic heterocycles. The molecule has 0 N–H and O–H groups in total. The van der Waals surface area contributed by atoms with Crippen molar-refractivity contribution in [3.8, 4) is 11.3 Å². The molecule has 0 aliphatic rings. The van der Waals surface area contributed by atoms with Crippen LogP contribution in [0.15, 0.2) is 34.5 Å². The van der Waals surface area contributed by atoms with Crippen LogP contribution in [0.1, 0.15) is 5.01 Å². The second-order valence-corrected chi connectivity index (χ2v) is 7.43. The summed E-state index contributed by atoms with van der Waals surface area (Å²) < 4.78 is 25.0. The molecule has 1 heterocycles. The number of alkyl halides is 1. The number of aromatic nitrogens is 1. The highest BCUT2D eigenvalue weighted by molar-refractivity contribution is 7.89. The molecule has 0 fully saturated rings. The van der Waals surface area contributed by atoms with Crippen molar-refractivity contribution in [1.82, 2.24) is 9.29 Å². The Morgan fingerprint density at radius 2 is 1.89 bits per heavy atom. The van der Waals surface area contributed by atoms with Crippen LogP contribution < -0.4 is 0 Å². The van der Waals surface area contributed by atoms with Gasteiger partial charge in [-0.15, -0.1) is 22.9 Å². The van der Waals surface area contributed by atoms with Gasteiger partial charge in [-0.2, -0.15) is 0 Å². The van der Waals surface area contributed by atoms with Crippen molar-refractivity contribution in [2.45, 2.75) is 10.8 Å². The maximum Gasteiger partial charge on any atom is 0.242 e. The molecular formula is C12H13ClN2O2S2. The summed E-state index contributed by atoms with van der Waals surface area (Å²) in [5.74, 6) is 0.387. The lowest BCUT2D eigenvalue weighted by atomic mass is 10.2. The van der Waals surface area contributed by atoms with Gasteiger partial charge in [-0.3, -0.25) is 0 Å². The van der Waals surface area contributed by atoms with Gasteiger partial charge in [-0.25, -0.2) is 17.7 Å². The third-order valence-corrected chi connectivity index (χ3v) is 5.68. The van der Waals surface area contributed by atoms with E-state index in [0.717, 1.165) is 16.3 Å². The van der Waals surface area contributed by atoms with Crippen molar-refractivity contribution in [1.29, 1.82) is 0 Å². The van der Waals surface area contributed by atoms with Crippen LogP contribution in [-0.4, -0.2) is 31.8 Å². The summed E-state index contributed by atoms with van der Waals surface area (Å²) >= 11 is 7.20. The van der Waals surface area contributed by atoms with E-state index >= 15 is 0 Å². The van der Waals surface area contributed by atoms with E-state index in [0.29, 0.717) is 5.88 Å². The lowest BCUT2D eigenvalue weighted by Gasteiger charge is -2.11. The van der Waals surface area contributed by atoms with E-state index in [-0.39, 0.29) is 4.90 Å². The van der Waals surface area contributed by atoms with Crippen molar-refractivity contribution in [3.63, 3.8) is 0 Å². The SMILES string of the molecule is CN(C)S(=O)(=O)c1ccc(-c2csc(CCl)n2)cc1. The number of benzene rings is 1. The molecule has 2 rings (SSSR count). The molecule has 0 atom stereocenters. The van der Waals surface area contributed by atoms with Gasteiger partial charge in [-0.1, -0.05) is 12.1 Å². The quantitative estimate of drug-likeness (QED) is 0.815. The molecule has 0 saturated heterocycles. The van der Waals surface area contributed by atoms with Crippen molar-refractivity contribution in [3.05, 3.63) is 34.7 Å². The molecule has 4 nitrogen and oxygen atoms in total. The average Bonchev–Trinajstić information content (AvgIpc) is 2.87. The molecule has 19 heavy (non-hydrogen) atoms. The zero-order valence-electron chi connectivity index (χ0n) is 10.5. The van der Waals surface area contributed by atoms with Crippen molar-refractivity contribution in [2.75, 3.05) is 14.1 Å². The zero-order chi connectivity index (χ0) is 14.0. The zero-order valence-corrected chi connectivity index (χ0v) is 12.9. The first-order valence-corrected chi connectivity index (χ1v) is 8.34. The van der Waals surface area contributed by atoms with E-state index in [1.54, 1.807) is 24.3 Å². The Morgan fingerprint density at radius 1 is 1.26 bits per heavy atom. The third-order valence-electron chi connectivity index (χ3n) is 2.59. The molecule has 2 aromatic rings. The second-order valence-electron chi connectivity index (χ2n) is 4.07. The molecule has 0 unspecified atom stereocenters. The van der Waals surface area contributed by atoms with Gasteiger partial charge in [0.25, 0.3) is 0 Å². The molecular weight excluding hydrogens is 304 g/mol. The minimum atomic E-state index is -3.38. The fourth-order valence-corrected chi connectivity index (χ4v) is 3.31. The number of thiazole rings is 1. The molecule has 0 bridgehead atoms. The van der Waals surface area contributed by atoms with E-state index in [1.165, 1.54) is 29.7 Å². The highest BCUT2D eigenvalue weighted by Gasteiger charge is 2.16. The molecule has 0 amide bonds. The second kappa shape index (κ2) is 5.58. The number of rotatable bonds is 4. The average molecular weight is 317 g/mol. The summed E-state index contributed by atoms with van der Waals surface area (Å²) in [7, 11) is -0.360. The predicted molar refractivity (Wildman–Crippen MR) is 78.0 cm³/mol. The van der Waals surface area contributed by atoms with E-state index < -0.39 is 10.0 Å². The number of hydrogen-bond acceptors (Lipinski definition) is 4. The monoisotopic (exact) mass is 316 g/mol. The highest BCUT2D eigenvalue weighted by atomic mass is 35.5. The number of nitrogens with zero attached hydrogens (tertiary/aromatic N) is 2. The number of hydrogen-bond donors (Lipinski definition) is 0. The predicted octanol–water partition coefficient (Wildman–Crippen LogP) is 2.80. The van der Waals surface area contributed by atoms with Gasteiger partial charge < -0.3 is 0 Å². The largest absolute Gasteiger partial charge is 0.242 e. The Kier molecular flexibility index (Phi) is 4.25. The maximum absolute atomic E-state index is 11.9. The summed E-state index contributed by atoms with van der Waals surface area (Å²) in [6.45, 7) is 0. The standard InChI is InChI=1S/C12H13ClN2O2S2/c1-15(2)19(16,17)10-5-3-9(4-6-10)11-8-18-12(7-13)14-11/h3-6,8H,7H2,1-2H3. The van der Waals surface area contributed by atoms with Crippen LogP contribution in [0.2, 0.25) is 0 Å². The van der Waals surface area contributed by atoms with Crippen LogP contribution in [0.3, 0.4) is 0 Å². The van der Waals surface area contributed by atoms with Crippen LogP contribution >= 0.6 is 22.9 Å². The summed E-state index contributed by atoms with van der Waals surface area (Å²) in [6, 6.07) is 6.68. The minimum absolute atomic E-state index is 0.272. The van der Waals surface area contributed by atoms with Crippen LogP contribution in [0.4, 0.5) is 0 Å². The molecule has 0 saturated carbocycles. The first kappa shape index (κ1) is 14.5. The van der Waals surface area contributed by atoms with Crippen LogP contribution in [0.5, 0.6) is 0 Å². The van der Waals surface area contributed by atoms with Gasteiger partial charge in [0, 0.05) is 25.0 Å². The van der Waals surface area contributed by atoms with Crippen molar-refractivity contribution >= 4 is 33.0 Å². The molecule has 102 valence electrons. The molecule has 0 spiro atoms. The fourth-order valence-electron chi connectivity index (χ4n) is 1.51. The Bertz CT molecular complexity index is 663. The Morgan fingerprint density at radius 3 is 2.37 bits per heavy atom. The molecule has 0 radical (unpaired) electrons. The number of halogens is 1. The summed E-state index contributed by atoms with van der Waals surface area (Å²) in [5.41, 5.74) is 1.69.